The molecule has 0 aliphatic heterocycles. The van der Waals surface area contributed by atoms with Gasteiger partial charge in [0.1, 0.15) is 16.5 Å². The Labute approximate surface area is 171 Å². The van der Waals surface area contributed by atoms with Crippen molar-refractivity contribution in [2.24, 2.45) is 0 Å². The molecule has 1 N–H and O–H groups in total. The van der Waals surface area contributed by atoms with Crippen molar-refractivity contribution in [1.82, 2.24) is 24.6 Å². The van der Waals surface area contributed by atoms with Crippen molar-refractivity contribution in [3.63, 3.8) is 0 Å². The van der Waals surface area contributed by atoms with E-state index in [4.69, 9.17) is 9.97 Å². The Morgan fingerprint density at radius 2 is 1.93 bits per heavy atom. The van der Waals surface area contributed by atoms with Crippen LogP contribution in [0.4, 0.5) is 5.82 Å². The highest BCUT2D eigenvalue weighted by molar-refractivity contribution is 7.17. The predicted octanol–water partition coefficient (Wildman–Crippen LogP) is 4.89. The predicted molar refractivity (Wildman–Crippen MR) is 115 cm³/mol. The van der Waals surface area contributed by atoms with Crippen LogP contribution in [0.5, 0.6) is 0 Å². The maximum atomic E-state index is 4.94. The van der Waals surface area contributed by atoms with Gasteiger partial charge in [0.15, 0.2) is 5.65 Å². The summed E-state index contributed by atoms with van der Waals surface area (Å²) in [6.07, 6.45) is 5.95. The smallest absolute Gasteiger partial charge is 0.155 e. The summed E-state index contributed by atoms with van der Waals surface area (Å²) in [6.45, 7) is 0.612. The second-order valence-corrected chi connectivity index (χ2v) is 8.15. The first-order chi connectivity index (χ1) is 14.4. The maximum Gasteiger partial charge on any atom is 0.155 e. The first kappa shape index (κ1) is 16.6. The SMILES string of the molecule is c1ccc(-c2csc3nc(C4CC4)nc(NCc4ccnc5ccnn45)c23)cc1. The summed E-state index contributed by atoms with van der Waals surface area (Å²) in [5, 5.41) is 11.2. The highest BCUT2D eigenvalue weighted by atomic mass is 32.1. The highest BCUT2D eigenvalue weighted by Crippen LogP contribution is 2.42. The van der Waals surface area contributed by atoms with E-state index >= 15 is 0 Å². The van der Waals surface area contributed by atoms with Crippen molar-refractivity contribution in [2.45, 2.75) is 25.3 Å². The molecule has 0 amide bonds. The molecule has 0 bridgehead atoms. The Hall–Kier alpha value is -3.32. The van der Waals surface area contributed by atoms with Crippen LogP contribution in [0.1, 0.15) is 30.3 Å². The van der Waals surface area contributed by atoms with Gasteiger partial charge in [-0.1, -0.05) is 30.3 Å². The van der Waals surface area contributed by atoms with Crippen LogP contribution in [0, 0.1) is 0 Å². The van der Waals surface area contributed by atoms with Crippen LogP contribution in [-0.4, -0.2) is 24.6 Å². The summed E-state index contributed by atoms with van der Waals surface area (Å²) < 4.78 is 1.86. The van der Waals surface area contributed by atoms with Crippen LogP contribution < -0.4 is 5.32 Å². The van der Waals surface area contributed by atoms with Crippen LogP contribution >= 0.6 is 11.3 Å². The van der Waals surface area contributed by atoms with Crippen LogP contribution in [-0.2, 0) is 6.54 Å². The number of fused-ring (bicyclic) bond motifs is 2. The number of aromatic nitrogens is 5. The van der Waals surface area contributed by atoms with Gasteiger partial charge < -0.3 is 5.32 Å². The fourth-order valence-corrected chi connectivity index (χ4v) is 4.59. The molecule has 0 atom stereocenters. The molecule has 4 aromatic heterocycles. The molecule has 142 valence electrons. The zero-order valence-corrected chi connectivity index (χ0v) is 16.4. The van der Waals surface area contributed by atoms with E-state index in [-0.39, 0.29) is 0 Å². The quantitative estimate of drug-likeness (QED) is 0.456. The van der Waals surface area contributed by atoms with E-state index in [9.17, 15) is 0 Å². The summed E-state index contributed by atoms with van der Waals surface area (Å²) in [6, 6.07) is 14.3. The summed E-state index contributed by atoms with van der Waals surface area (Å²) in [7, 11) is 0. The van der Waals surface area contributed by atoms with Crippen molar-refractivity contribution in [3.8, 4) is 11.1 Å². The Bertz CT molecular complexity index is 1320. The van der Waals surface area contributed by atoms with Crippen LogP contribution in [0.15, 0.2) is 60.2 Å². The van der Waals surface area contributed by atoms with E-state index in [0.29, 0.717) is 12.5 Å². The fraction of sp³-hybridized carbons (Fsp3) is 0.182. The number of hydrogen-bond acceptors (Lipinski definition) is 6. The molecule has 0 saturated heterocycles. The van der Waals surface area contributed by atoms with Crippen LogP contribution in [0.3, 0.4) is 0 Å². The molecule has 29 heavy (non-hydrogen) atoms. The van der Waals surface area contributed by atoms with E-state index in [1.54, 1.807) is 17.5 Å². The van der Waals surface area contributed by atoms with Gasteiger partial charge >= 0.3 is 0 Å². The van der Waals surface area contributed by atoms with Gasteiger partial charge in [0.25, 0.3) is 0 Å². The lowest BCUT2D eigenvalue weighted by Crippen LogP contribution is -2.09. The van der Waals surface area contributed by atoms with E-state index < -0.39 is 0 Å². The molecule has 1 aromatic carbocycles. The zero-order valence-electron chi connectivity index (χ0n) is 15.6. The number of benzene rings is 1. The molecule has 1 aliphatic rings. The highest BCUT2D eigenvalue weighted by Gasteiger charge is 2.28. The molecular weight excluding hydrogens is 380 g/mol. The molecule has 1 aliphatic carbocycles. The lowest BCUT2D eigenvalue weighted by Gasteiger charge is -2.11. The van der Waals surface area contributed by atoms with Gasteiger partial charge in [-0.05, 0) is 24.5 Å². The van der Waals surface area contributed by atoms with Crippen molar-refractivity contribution >= 4 is 33.0 Å². The molecule has 6 rings (SSSR count). The third-order valence-corrected chi connectivity index (χ3v) is 6.16. The van der Waals surface area contributed by atoms with Gasteiger partial charge in [-0.3, -0.25) is 0 Å². The van der Waals surface area contributed by atoms with Crippen molar-refractivity contribution < 1.29 is 0 Å². The third kappa shape index (κ3) is 2.94. The van der Waals surface area contributed by atoms with Gasteiger partial charge in [-0.2, -0.15) is 5.10 Å². The van der Waals surface area contributed by atoms with E-state index in [2.05, 4.69) is 45.0 Å². The van der Waals surface area contributed by atoms with Gasteiger partial charge in [0, 0.05) is 29.1 Å². The lowest BCUT2D eigenvalue weighted by molar-refractivity contribution is 0.849. The minimum atomic E-state index is 0.501. The Morgan fingerprint density at radius 1 is 1.03 bits per heavy atom. The molecule has 5 aromatic rings. The number of rotatable bonds is 5. The van der Waals surface area contributed by atoms with Crippen molar-refractivity contribution in [2.75, 3.05) is 5.32 Å². The molecule has 0 radical (unpaired) electrons. The molecule has 4 heterocycles. The minimum absolute atomic E-state index is 0.501. The van der Waals surface area contributed by atoms with Crippen molar-refractivity contribution in [1.29, 1.82) is 0 Å². The normalized spacial score (nSPS) is 13.9. The van der Waals surface area contributed by atoms with Gasteiger partial charge in [0.05, 0.1) is 23.8 Å². The molecule has 6 nitrogen and oxygen atoms in total. The van der Waals surface area contributed by atoms with Gasteiger partial charge in [0.2, 0.25) is 0 Å². The van der Waals surface area contributed by atoms with Crippen molar-refractivity contribution in [3.05, 3.63) is 71.8 Å². The number of hydrogen-bond donors (Lipinski definition) is 1. The largest absolute Gasteiger partial charge is 0.364 e. The van der Waals surface area contributed by atoms with Crippen LogP contribution in [0.25, 0.3) is 27.0 Å². The molecule has 1 saturated carbocycles. The first-order valence-corrected chi connectivity index (χ1v) is 10.6. The van der Waals surface area contributed by atoms with Crippen LogP contribution in [0.2, 0.25) is 0 Å². The minimum Gasteiger partial charge on any atom is -0.364 e. The first-order valence-electron chi connectivity index (χ1n) is 9.73. The average molecular weight is 398 g/mol. The zero-order chi connectivity index (χ0) is 19.2. The number of nitrogens with zero attached hydrogens (tertiary/aromatic N) is 5. The standard InChI is InChI=1S/C22H18N6S/c1-2-4-14(5-3-1)17-13-29-22-19(17)21(26-20(27-22)15-6-7-15)24-12-16-8-10-23-18-9-11-25-28(16)18/h1-5,8-11,13,15H,6-7,12H2,(H,24,26,27). The summed E-state index contributed by atoms with van der Waals surface area (Å²) >= 11 is 1.69. The molecule has 0 unspecified atom stereocenters. The number of anilines is 1. The third-order valence-electron chi connectivity index (χ3n) is 5.28. The Morgan fingerprint density at radius 3 is 2.79 bits per heavy atom. The average Bonchev–Trinajstić information content (AvgIpc) is 3.34. The summed E-state index contributed by atoms with van der Waals surface area (Å²) in [5.41, 5.74) is 4.24. The molecule has 0 spiro atoms. The van der Waals surface area contributed by atoms with E-state index in [0.717, 1.165) is 33.2 Å². The van der Waals surface area contributed by atoms with Gasteiger partial charge in [-0.25, -0.2) is 19.5 Å². The molecular formula is C22H18N6S. The Kier molecular flexibility index (Phi) is 3.80. The van der Waals surface area contributed by atoms with E-state index in [1.165, 1.54) is 24.0 Å². The number of thiophene rings is 1. The maximum absolute atomic E-state index is 4.94. The Balaban J connectivity index is 1.45. The number of nitrogens with one attached hydrogen (secondary N) is 1. The molecule has 7 heteroatoms. The second kappa shape index (κ2) is 6.63. The molecule has 1 fully saturated rings. The fourth-order valence-electron chi connectivity index (χ4n) is 3.63. The summed E-state index contributed by atoms with van der Waals surface area (Å²) in [5.74, 6) is 2.36. The van der Waals surface area contributed by atoms with Gasteiger partial charge in [-0.15, -0.1) is 11.3 Å². The topological polar surface area (TPSA) is 68.0 Å². The monoisotopic (exact) mass is 398 g/mol. The summed E-state index contributed by atoms with van der Waals surface area (Å²) in [4.78, 5) is 15.2. The second-order valence-electron chi connectivity index (χ2n) is 7.29. The lowest BCUT2D eigenvalue weighted by atomic mass is 10.1. The van der Waals surface area contributed by atoms with E-state index in [1.807, 2.05) is 28.9 Å².